The largest absolute Gasteiger partial charge is 0.460 e. The third-order valence-corrected chi connectivity index (χ3v) is 3.34. The maximum Gasteiger partial charge on any atom is 0.323 e. The van der Waals surface area contributed by atoms with Crippen molar-refractivity contribution < 1.29 is 9.53 Å². The zero-order valence-corrected chi connectivity index (χ0v) is 10.5. The van der Waals surface area contributed by atoms with Crippen molar-refractivity contribution in [1.82, 2.24) is 4.90 Å². The third kappa shape index (κ3) is 3.31. The Morgan fingerprint density at radius 2 is 2.11 bits per heavy atom. The number of hydrogen-bond acceptors (Lipinski definition) is 4. The number of nitrogens with two attached hydrogens (primary N) is 1. The number of carbonyl (C=O) groups is 1. The zero-order chi connectivity index (χ0) is 12.8. The Kier molecular flexibility index (Phi) is 4.73. The van der Waals surface area contributed by atoms with E-state index in [9.17, 15) is 4.79 Å². The van der Waals surface area contributed by atoms with Crippen LogP contribution in [-0.2, 0) is 16.1 Å². The molecule has 2 N–H and O–H groups in total. The second-order valence-electron chi connectivity index (χ2n) is 4.60. The van der Waals surface area contributed by atoms with Crippen LogP contribution < -0.4 is 5.73 Å². The molecule has 1 aliphatic rings. The highest BCUT2D eigenvalue weighted by molar-refractivity contribution is 5.75. The van der Waals surface area contributed by atoms with Crippen molar-refractivity contribution in [3.8, 4) is 0 Å². The van der Waals surface area contributed by atoms with Crippen LogP contribution >= 0.6 is 0 Å². The van der Waals surface area contributed by atoms with Gasteiger partial charge in [-0.2, -0.15) is 0 Å². The minimum absolute atomic E-state index is 0.149. The first-order valence-corrected chi connectivity index (χ1v) is 6.46. The van der Waals surface area contributed by atoms with Gasteiger partial charge in [-0.05, 0) is 18.4 Å². The molecular formula is C14H20N2O2. The Balaban J connectivity index is 1.87. The lowest BCUT2D eigenvalue weighted by Gasteiger charge is -2.32. The first kappa shape index (κ1) is 13.1. The quantitative estimate of drug-likeness (QED) is 0.820. The van der Waals surface area contributed by atoms with Crippen molar-refractivity contribution in [3.05, 3.63) is 35.9 Å². The van der Waals surface area contributed by atoms with Crippen LogP contribution in [0.5, 0.6) is 0 Å². The molecule has 0 unspecified atom stereocenters. The lowest BCUT2D eigenvalue weighted by molar-refractivity contribution is -0.152. The van der Waals surface area contributed by atoms with E-state index in [-0.39, 0.29) is 12.0 Å². The van der Waals surface area contributed by atoms with Gasteiger partial charge in [-0.1, -0.05) is 36.8 Å². The molecule has 0 aliphatic carbocycles. The minimum atomic E-state index is -0.160. The van der Waals surface area contributed by atoms with Gasteiger partial charge >= 0.3 is 5.97 Å². The smallest absolute Gasteiger partial charge is 0.323 e. The predicted octanol–water partition coefficient (Wildman–Crippen LogP) is 1.50. The summed E-state index contributed by atoms with van der Waals surface area (Å²) in [6.07, 6.45) is 3.03. The van der Waals surface area contributed by atoms with Gasteiger partial charge in [0.25, 0.3) is 0 Å². The van der Waals surface area contributed by atoms with Gasteiger partial charge < -0.3 is 10.5 Å². The summed E-state index contributed by atoms with van der Waals surface area (Å²) in [7, 11) is 0. The number of benzene rings is 1. The van der Waals surface area contributed by atoms with Gasteiger partial charge in [-0.25, -0.2) is 0 Å². The van der Waals surface area contributed by atoms with Crippen LogP contribution in [0.1, 0.15) is 24.8 Å². The molecule has 98 valence electrons. The Bertz CT molecular complexity index is 381. The topological polar surface area (TPSA) is 55.6 Å². The summed E-state index contributed by atoms with van der Waals surface area (Å²) < 4.78 is 5.36. The Labute approximate surface area is 108 Å². The highest BCUT2D eigenvalue weighted by atomic mass is 16.5. The highest BCUT2D eigenvalue weighted by Crippen LogP contribution is 2.17. The SMILES string of the molecule is NCN1CCCC[C@H]1C(=O)OCc1ccccc1. The fourth-order valence-corrected chi connectivity index (χ4v) is 2.30. The Hall–Kier alpha value is -1.39. The van der Waals surface area contributed by atoms with E-state index >= 15 is 0 Å². The highest BCUT2D eigenvalue weighted by Gasteiger charge is 2.28. The Morgan fingerprint density at radius 3 is 2.83 bits per heavy atom. The maximum absolute atomic E-state index is 12.0. The summed E-state index contributed by atoms with van der Waals surface area (Å²) in [5, 5.41) is 0. The molecule has 1 heterocycles. The summed E-state index contributed by atoms with van der Waals surface area (Å²) in [4.78, 5) is 14.0. The molecule has 1 aromatic carbocycles. The molecule has 0 radical (unpaired) electrons. The molecule has 1 atom stereocenters. The van der Waals surface area contributed by atoms with E-state index in [0.717, 1.165) is 31.4 Å². The van der Waals surface area contributed by atoms with Crippen LogP contribution in [0.25, 0.3) is 0 Å². The number of piperidine rings is 1. The molecule has 1 aliphatic heterocycles. The molecule has 1 aromatic rings. The van der Waals surface area contributed by atoms with E-state index < -0.39 is 0 Å². The fourth-order valence-electron chi connectivity index (χ4n) is 2.30. The third-order valence-electron chi connectivity index (χ3n) is 3.34. The minimum Gasteiger partial charge on any atom is -0.460 e. The van der Waals surface area contributed by atoms with E-state index in [4.69, 9.17) is 10.5 Å². The van der Waals surface area contributed by atoms with Crippen molar-refractivity contribution in [2.24, 2.45) is 5.73 Å². The van der Waals surface area contributed by atoms with Gasteiger partial charge in [0.1, 0.15) is 12.6 Å². The number of likely N-dealkylation sites (tertiary alicyclic amines) is 1. The van der Waals surface area contributed by atoms with E-state index in [0.29, 0.717) is 13.3 Å². The molecule has 0 bridgehead atoms. The number of nitrogens with zero attached hydrogens (tertiary/aromatic N) is 1. The molecule has 0 amide bonds. The molecule has 4 heteroatoms. The van der Waals surface area contributed by atoms with Gasteiger partial charge in [-0.15, -0.1) is 0 Å². The predicted molar refractivity (Wildman–Crippen MR) is 69.6 cm³/mol. The van der Waals surface area contributed by atoms with Crippen LogP contribution in [0, 0.1) is 0 Å². The first-order valence-electron chi connectivity index (χ1n) is 6.46. The molecule has 1 saturated heterocycles. The first-order chi connectivity index (χ1) is 8.81. The zero-order valence-electron chi connectivity index (χ0n) is 10.5. The number of hydrogen-bond donors (Lipinski definition) is 1. The summed E-state index contributed by atoms with van der Waals surface area (Å²) in [6, 6.07) is 9.57. The van der Waals surface area contributed by atoms with Crippen LogP contribution in [0.15, 0.2) is 30.3 Å². The molecule has 1 fully saturated rings. The second kappa shape index (κ2) is 6.52. The van der Waals surface area contributed by atoms with E-state index in [1.807, 2.05) is 35.2 Å². The second-order valence-corrected chi connectivity index (χ2v) is 4.60. The molecule has 2 rings (SSSR count). The molecule has 18 heavy (non-hydrogen) atoms. The van der Waals surface area contributed by atoms with Gasteiger partial charge in [0.2, 0.25) is 0 Å². The lowest BCUT2D eigenvalue weighted by atomic mass is 10.0. The molecule has 0 spiro atoms. The van der Waals surface area contributed by atoms with Gasteiger partial charge in [0.05, 0.1) is 0 Å². The number of ether oxygens (including phenoxy) is 1. The molecule has 0 saturated carbocycles. The molecule has 4 nitrogen and oxygen atoms in total. The fraction of sp³-hybridized carbons (Fsp3) is 0.500. The van der Waals surface area contributed by atoms with Crippen LogP contribution in [-0.4, -0.2) is 30.1 Å². The standard InChI is InChI=1S/C14H20N2O2/c15-11-16-9-5-4-8-13(16)14(17)18-10-12-6-2-1-3-7-12/h1-3,6-7,13H,4-5,8-11,15H2/t13-/m0/s1. The van der Waals surface area contributed by atoms with Gasteiger partial charge in [0, 0.05) is 13.2 Å². The van der Waals surface area contributed by atoms with Gasteiger partial charge in [0.15, 0.2) is 0 Å². The van der Waals surface area contributed by atoms with E-state index in [1.54, 1.807) is 0 Å². The monoisotopic (exact) mass is 248 g/mol. The summed E-state index contributed by atoms with van der Waals surface area (Å²) in [5.41, 5.74) is 6.67. The molecule has 0 aromatic heterocycles. The summed E-state index contributed by atoms with van der Waals surface area (Å²) in [5.74, 6) is -0.149. The van der Waals surface area contributed by atoms with Crippen molar-refractivity contribution >= 4 is 5.97 Å². The number of rotatable bonds is 4. The van der Waals surface area contributed by atoms with Crippen LogP contribution in [0.3, 0.4) is 0 Å². The van der Waals surface area contributed by atoms with Crippen molar-refractivity contribution in [3.63, 3.8) is 0 Å². The molecular weight excluding hydrogens is 228 g/mol. The lowest BCUT2D eigenvalue weighted by Crippen LogP contribution is -2.47. The van der Waals surface area contributed by atoms with Gasteiger partial charge in [-0.3, -0.25) is 9.69 Å². The summed E-state index contributed by atoms with van der Waals surface area (Å²) in [6.45, 7) is 1.65. The van der Waals surface area contributed by atoms with Crippen LogP contribution in [0.4, 0.5) is 0 Å². The number of esters is 1. The van der Waals surface area contributed by atoms with Crippen molar-refractivity contribution in [1.29, 1.82) is 0 Å². The van der Waals surface area contributed by atoms with E-state index in [1.165, 1.54) is 0 Å². The van der Waals surface area contributed by atoms with Crippen molar-refractivity contribution in [2.45, 2.75) is 31.9 Å². The summed E-state index contributed by atoms with van der Waals surface area (Å²) >= 11 is 0. The Morgan fingerprint density at radius 1 is 1.33 bits per heavy atom. The van der Waals surface area contributed by atoms with E-state index in [2.05, 4.69) is 0 Å². The average molecular weight is 248 g/mol. The number of carbonyl (C=O) groups excluding carboxylic acids is 1. The maximum atomic E-state index is 12.0. The van der Waals surface area contributed by atoms with Crippen LogP contribution in [0.2, 0.25) is 0 Å². The normalized spacial score (nSPS) is 20.6. The van der Waals surface area contributed by atoms with Crippen molar-refractivity contribution in [2.75, 3.05) is 13.2 Å². The average Bonchev–Trinajstić information content (AvgIpc) is 2.45.